The minimum Gasteiger partial charge on any atom is -0.452 e. The van der Waals surface area contributed by atoms with Crippen molar-refractivity contribution >= 4 is 5.97 Å². The van der Waals surface area contributed by atoms with Crippen LogP contribution in [0, 0.1) is 0 Å². The van der Waals surface area contributed by atoms with E-state index in [0.29, 0.717) is 12.1 Å². The van der Waals surface area contributed by atoms with Crippen LogP contribution in [-0.4, -0.2) is 12.1 Å². The number of carbonyl (C=O) groups is 1. The molecule has 0 amide bonds. The van der Waals surface area contributed by atoms with Crippen LogP contribution in [0.1, 0.15) is 19.8 Å². The molecule has 1 unspecified atom stereocenters. The Balaban J connectivity index is 2.51. The number of esters is 1. The van der Waals surface area contributed by atoms with E-state index in [1.807, 2.05) is 18.2 Å². The smallest absolute Gasteiger partial charge is 0.306 e. The average molecular weight is 167 g/mol. The van der Waals surface area contributed by atoms with Gasteiger partial charge in [-0.1, -0.05) is 19.1 Å². The third-order valence-electron chi connectivity index (χ3n) is 1.68. The highest BCUT2D eigenvalue weighted by Gasteiger charge is 2.14. The summed E-state index contributed by atoms with van der Waals surface area (Å²) in [5.74, 6) is -0.220. The summed E-state index contributed by atoms with van der Waals surface area (Å²) in [5.41, 5.74) is 6.24. The molecular weight excluding hydrogens is 154 g/mol. The fraction of sp³-hybridized carbons (Fsp3) is 0.444. The first-order valence-corrected chi connectivity index (χ1v) is 4.05. The van der Waals surface area contributed by atoms with Gasteiger partial charge < -0.3 is 10.5 Å². The molecule has 1 rings (SSSR count). The van der Waals surface area contributed by atoms with Crippen molar-refractivity contribution in [3.05, 3.63) is 23.9 Å². The van der Waals surface area contributed by atoms with Gasteiger partial charge in [-0.05, 0) is 12.5 Å². The summed E-state index contributed by atoms with van der Waals surface area (Å²) in [6.07, 6.45) is 6.47. The maximum absolute atomic E-state index is 10.9. The van der Waals surface area contributed by atoms with Gasteiger partial charge in [0.15, 0.2) is 6.10 Å². The maximum Gasteiger partial charge on any atom is 0.306 e. The highest BCUT2D eigenvalue weighted by atomic mass is 16.5. The van der Waals surface area contributed by atoms with Crippen molar-refractivity contribution < 1.29 is 9.53 Å². The summed E-state index contributed by atoms with van der Waals surface area (Å²) in [4.78, 5) is 10.9. The van der Waals surface area contributed by atoms with Crippen molar-refractivity contribution in [2.24, 2.45) is 5.73 Å². The van der Waals surface area contributed by atoms with Gasteiger partial charge >= 0.3 is 5.97 Å². The molecule has 0 aromatic heterocycles. The van der Waals surface area contributed by atoms with Crippen LogP contribution in [0.5, 0.6) is 0 Å². The standard InChI is InChI=1S/C9H13NO2/c1-2-9(11)12-8-6-4-3-5-7(8)10/h4-6,8H,2-3,10H2,1H3. The van der Waals surface area contributed by atoms with Crippen molar-refractivity contribution in [2.45, 2.75) is 25.9 Å². The van der Waals surface area contributed by atoms with Crippen molar-refractivity contribution in [3.63, 3.8) is 0 Å². The molecular formula is C9H13NO2. The molecule has 1 aliphatic carbocycles. The van der Waals surface area contributed by atoms with Crippen molar-refractivity contribution in [2.75, 3.05) is 0 Å². The molecule has 3 nitrogen and oxygen atoms in total. The minimum absolute atomic E-state index is 0.220. The van der Waals surface area contributed by atoms with Crippen LogP contribution in [0.4, 0.5) is 0 Å². The summed E-state index contributed by atoms with van der Waals surface area (Å²) < 4.78 is 5.03. The summed E-state index contributed by atoms with van der Waals surface area (Å²) >= 11 is 0. The van der Waals surface area contributed by atoms with Gasteiger partial charge in [0.25, 0.3) is 0 Å². The molecule has 12 heavy (non-hydrogen) atoms. The van der Waals surface area contributed by atoms with Crippen molar-refractivity contribution in [3.8, 4) is 0 Å². The molecule has 0 aromatic rings. The minimum atomic E-state index is -0.341. The van der Waals surface area contributed by atoms with Crippen LogP contribution >= 0.6 is 0 Å². The van der Waals surface area contributed by atoms with Gasteiger partial charge in [-0.3, -0.25) is 4.79 Å². The molecule has 0 heterocycles. The van der Waals surface area contributed by atoms with Crippen LogP contribution in [0.2, 0.25) is 0 Å². The molecule has 0 fully saturated rings. The zero-order valence-electron chi connectivity index (χ0n) is 7.12. The molecule has 1 atom stereocenters. The van der Waals surface area contributed by atoms with Gasteiger partial charge in [0.2, 0.25) is 0 Å². The number of ether oxygens (including phenoxy) is 1. The summed E-state index contributed by atoms with van der Waals surface area (Å²) in [6, 6.07) is 0. The van der Waals surface area contributed by atoms with E-state index in [1.165, 1.54) is 0 Å². The van der Waals surface area contributed by atoms with E-state index in [4.69, 9.17) is 10.5 Å². The van der Waals surface area contributed by atoms with E-state index in [-0.39, 0.29) is 12.1 Å². The summed E-state index contributed by atoms with van der Waals surface area (Å²) in [5, 5.41) is 0. The topological polar surface area (TPSA) is 52.3 Å². The molecule has 1 aliphatic rings. The first-order valence-electron chi connectivity index (χ1n) is 4.05. The lowest BCUT2D eigenvalue weighted by atomic mass is 10.1. The summed E-state index contributed by atoms with van der Waals surface area (Å²) in [6.45, 7) is 1.76. The number of allylic oxidation sites excluding steroid dienone is 2. The van der Waals surface area contributed by atoms with Crippen LogP contribution in [0.15, 0.2) is 23.9 Å². The normalized spacial score (nSPS) is 21.8. The zero-order chi connectivity index (χ0) is 8.97. The molecule has 0 bridgehead atoms. The Labute approximate surface area is 71.9 Å². The van der Waals surface area contributed by atoms with Crippen LogP contribution in [-0.2, 0) is 9.53 Å². The molecule has 66 valence electrons. The van der Waals surface area contributed by atoms with Gasteiger partial charge in [0, 0.05) is 12.1 Å². The molecule has 0 saturated carbocycles. The van der Waals surface area contributed by atoms with E-state index in [9.17, 15) is 4.79 Å². The second kappa shape index (κ2) is 3.95. The molecule has 0 saturated heterocycles. The van der Waals surface area contributed by atoms with Crippen LogP contribution in [0.3, 0.4) is 0 Å². The fourth-order valence-electron chi connectivity index (χ4n) is 0.966. The largest absolute Gasteiger partial charge is 0.452 e. The Morgan fingerprint density at radius 3 is 3.17 bits per heavy atom. The maximum atomic E-state index is 10.9. The van der Waals surface area contributed by atoms with E-state index in [1.54, 1.807) is 6.92 Å². The number of rotatable bonds is 2. The molecule has 0 spiro atoms. The van der Waals surface area contributed by atoms with Crippen molar-refractivity contribution in [1.82, 2.24) is 0 Å². The first kappa shape index (κ1) is 8.84. The first-order chi connectivity index (χ1) is 5.74. The third kappa shape index (κ3) is 2.12. The second-order valence-corrected chi connectivity index (χ2v) is 2.63. The van der Waals surface area contributed by atoms with Gasteiger partial charge in [-0.25, -0.2) is 0 Å². The highest BCUT2D eigenvalue weighted by molar-refractivity contribution is 5.69. The Hall–Kier alpha value is -1.25. The lowest BCUT2D eigenvalue weighted by Gasteiger charge is -2.16. The SMILES string of the molecule is CCC(=O)OC1C=CCC=C1N. The Kier molecular flexibility index (Phi) is 2.91. The van der Waals surface area contributed by atoms with Gasteiger partial charge in [0.1, 0.15) is 0 Å². The number of hydrogen-bond acceptors (Lipinski definition) is 3. The number of nitrogens with two attached hydrogens (primary N) is 1. The molecule has 2 N–H and O–H groups in total. The van der Waals surface area contributed by atoms with Crippen LogP contribution < -0.4 is 5.73 Å². The monoisotopic (exact) mass is 167 g/mol. The van der Waals surface area contributed by atoms with E-state index >= 15 is 0 Å². The van der Waals surface area contributed by atoms with Gasteiger partial charge in [0.05, 0.1) is 0 Å². The van der Waals surface area contributed by atoms with Gasteiger partial charge in [-0.15, -0.1) is 0 Å². The molecule has 0 radical (unpaired) electrons. The number of carbonyl (C=O) groups excluding carboxylic acids is 1. The van der Waals surface area contributed by atoms with Crippen LogP contribution in [0.25, 0.3) is 0 Å². The number of hydrogen-bond donors (Lipinski definition) is 1. The Morgan fingerprint density at radius 1 is 1.83 bits per heavy atom. The second-order valence-electron chi connectivity index (χ2n) is 2.63. The lowest BCUT2D eigenvalue weighted by Crippen LogP contribution is -2.23. The van der Waals surface area contributed by atoms with Gasteiger partial charge in [-0.2, -0.15) is 0 Å². The quantitative estimate of drug-likeness (QED) is 0.495. The van der Waals surface area contributed by atoms with E-state index in [2.05, 4.69) is 0 Å². The fourth-order valence-corrected chi connectivity index (χ4v) is 0.966. The average Bonchev–Trinajstić information content (AvgIpc) is 2.09. The molecule has 3 heteroatoms. The zero-order valence-corrected chi connectivity index (χ0v) is 7.12. The van der Waals surface area contributed by atoms with Crippen molar-refractivity contribution in [1.29, 1.82) is 0 Å². The van der Waals surface area contributed by atoms with E-state index in [0.717, 1.165) is 6.42 Å². The lowest BCUT2D eigenvalue weighted by molar-refractivity contribution is -0.145. The molecule has 0 aliphatic heterocycles. The predicted octanol–water partition coefficient (Wildman–Crippen LogP) is 1.11. The predicted molar refractivity (Wildman–Crippen MR) is 46.2 cm³/mol. The Morgan fingerprint density at radius 2 is 2.58 bits per heavy atom. The Bertz CT molecular complexity index is 231. The third-order valence-corrected chi connectivity index (χ3v) is 1.68. The summed E-state index contributed by atoms with van der Waals surface area (Å²) in [7, 11) is 0. The molecule has 0 aromatic carbocycles. The highest BCUT2D eigenvalue weighted by Crippen LogP contribution is 2.11. The van der Waals surface area contributed by atoms with E-state index < -0.39 is 0 Å².